The van der Waals surface area contributed by atoms with Crippen LogP contribution in [0.2, 0.25) is 0 Å². The smallest absolute Gasteiger partial charge is 0.115 e. The number of hydrogen-bond acceptors (Lipinski definition) is 2. The summed E-state index contributed by atoms with van der Waals surface area (Å²) in [5.74, 6) is 0.277. The molecule has 1 N–H and O–H groups in total. The maximum absolute atomic E-state index is 9.16. The maximum atomic E-state index is 9.16. The zero-order valence-electron chi connectivity index (χ0n) is 8.72. The van der Waals surface area contributed by atoms with Gasteiger partial charge in [0.1, 0.15) is 5.75 Å². The minimum Gasteiger partial charge on any atom is -0.508 e. The average Bonchev–Trinajstić information content (AvgIpc) is 2.68. The summed E-state index contributed by atoms with van der Waals surface area (Å²) >= 11 is 0. The largest absolute Gasteiger partial charge is 0.508 e. The summed E-state index contributed by atoms with van der Waals surface area (Å²) in [4.78, 5) is 0. The van der Waals surface area contributed by atoms with Crippen LogP contribution < -0.4 is 0 Å². The molecule has 0 amide bonds. The van der Waals surface area contributed by atoms with Crippen molar-refractivity contribution in [2.24, 2.45) is 0 Å². The number of aromatic hydroxyl groups is 1. The zero-order chi connectivity index (χ0) is 10.7. The van der Waals surface area contributed by atoms with E-state index in [4.69, 9.17) is 5.11 Å². The van der Waals surface area contributed by atoms with Crippen molar-refractivity contribution in [1.29, 1.82) is 0 Å². The Morgan fingerprint density at radius 3 is 2.60 bits per heavy atom. The summed E-state index contributed by atoms with van der Waals surface area (Å²) in [5, 5.41) is 13.6. The van der Waals surface area contributed by atoms with Gasteiger partial charge in [0, 0.05) is 6.20 Å². The highest BCUT2D eigenvalue weighted by atomic mass is 16.3. The second kappa shape index (κ2) is 4.17. The first-order chi connectivity index (χ1) is 7.29. The average molecular weight is 202 g/mol. The predicted octanol–water partition coefficient (Wildman–Crippen LogP) is 2.53. The van der Waals surface area contributed by atoms with Crippen LogP contribution in [0, 0.1) is 0 Å². The Morgan fingerprint density at radius 1 is 1.20 bits per heavy atom. The molecule has 2 aromatic rings. The van der Waals surface area contributed by atoms with Crippen LogP contribution in [0.3, 0.4) is 0 Å². The Labute approximate surface area is 89.0 Å². The van der Waals surface area contributed by atoms with Crippen molar-refractivity contribution in [3.63, 3.8) is 0 Å². The lowest BCUT2D eigenvalue weighted by Crippen LogP contribution is -1.95. The van der Waals surface area contributed by atoms with Gasteiger partial charge in [-0.2, -0.15) is 5.10 Å². The molecule has 1 aromatic heterocycles. The second-order valence-electron chi connectivity index (χ2n) is 3.52. The Hall–Kier alpha value is -1.77. The third kappa shape index (κ3) is 2.18. The van der Waals surface area contributed by atoms with Crippen molar-refractivity contribution < 1.29 is 5.11 Å². The van der Waals surface area contributed by atoms with E-state index < -0.39 is 0 Å². The molecule has 15 heavy (non-hydrogen) atoms. The van der Waals surface area contributed by atoms with Crippen molar-refractivity contribution in [2.45, 2.75) is 19.8 Å². The van der Waals surface area contributed by atoms with Gasteiger partial charge >= 0.3 is 0 Å². The summed E-state index contributed by atoms with van der Waals surface area (Å²) in [7, 11) is 0. The highest BCUT2D eigenvalue weighted by Gasteiger charge is 2.00. The lowest BCUT2D eigenvalue weighted by Gasteiger charge is -2.00. The van der Waals surface area contributed by atoms with Gasteiger partial charge in [-0.1, -0.05) is 13.3 Å². The van der Waals surface area contributed by atoms with Crippen molar-refractivity contribution in [1.82, 2.24) is 9.78 Å². The summed E-state index contributed by atoms with van der Waals surface area (Å²) in [6.07, 6.45) is 4.05. The topological polar surface area (TPSA) is 38.0 Å². The van der Waals surface area contributed by atoms with Crippen LogP contribution in [-0.2, 0) is 6.42 Å². The fraction of sp³-hybridized carbons (Fsp3) is 0.250. The van der Waals surface area contributed by atoms with Crippen molar-refractivity contribution in [2.75, 3.05) is 0 Å². The fourth-order valence-corrected chi connectivity index (χ4v) is 1.50. The second-order valence-corrected chi connectivity index (χ2v) is 3.52. The normalized spacial score (nSPS) is 10.5. The fourth-order valence-electron chi connectivity index (χ4n) is 1.50. The van der Waals surface area contributed by atoms with Crippen LogP contribution in [0.5, 0.6) is 5.75 Å². The number of hydrogen-bond donors (Lipinski definition) is 1. The van der Waals surface area contributed by atoms with Crippen LogP contribution in [-0.4, -0.2) is 14.9 Å². The summed E-state index contributed by atoms with van der Waals surface area (Å²) < 4.78 is 1.82. The van der Waals surface area contributed by atoms with E-state index in [1.165, 1.54) is 0 Å². The molecule has 0 aliphatic carbocycles. The molecule has 1 heterocycles. The Morgan fingerprint density at radius 2 is 1.93 bits per heavy atom. The minimum atomic E-state index is 0.277. The predicted molar refractivity (Wildman–Crippen MR) is 59.2 cm³/mol. The quantitative estimate of drug-likeness (QED) is 0.830. The van der Waals surface area contributed by atoms with Crippen LogP contribution >= 0.6 is 0 Å². The number of phenolic OH excluding ortho intramolecular Hbond substituents is 1. The molecule has 3 heteroatoms. The van der Waals surface area contributed by atoms with Crippen LogP contribution in [0.1, 0.15) is 19.0 Å². The van der Waals surface area contributed by atoms with Crippen molar-refractivity contribution >= 4 is 0 Å². The third-order valence-corrected chi connectivity index (χ3v) is 2.26. The standard InChI is InChI=1S/C12H14N2O/c1-2-3-10-8-9-14(13-10)11-4-6-12(15)7-5-11/h4-9,15H,2-3H2,1H3. The van der Waals surface area contributed by atoms with Gasteiger partial charge in [0.25, 0.3) is 0 Å². The number of phenols is 1. The molecule has 2 rings (SSSR count). The molecular formula is C12H14N2O. The van der Waals surface area contributed by atoms with Crippen LogP contribution in [0.25, 0.3) is 5.69 Å². The van der Waals surface area contributed by atoms with E-state index in [9.17, 15) is 0 Å². The van der Waals surface area contributed by atoms with E-state index in [0.717, 1.165) is 24.2 Å². The lowest BCUT2D eigenvalue weighted by atomic mass is 10.3. The Kier molecular flexibility index (Phi) is 2.72. The van der Waals surface area contributed by atoms with Gasteiger partial charge in [-0.25, -0.2) is 4.68 Å². The van der Waals surface area contributed by atoms with E-state index in [1.807, 2.05) is 29.1 Å². The molecule has 0 spiro atoms. The molecule has 0 aliphatic rings. The van der Waals surface area contributed by atoms with Gasteiger partial charge in [-0.3, -0.25) is 0 Å². The van der Waals surface area contributed by atoms with E-state index in [0.29, 0.717) is 0 Å². The van der Waals surface area contributed by atoms with Gasteiger partial charge in [-0.05, 0) is 36.8 Å². The van der Waals surface area contributed by atoms with Gasteiger partial charge in [0.15, 0.2) is 0 Å². The minimum absolute atomic E-state index is 0.277. The summed E-state index contributed by atoms with van der Waals surface area (Å²) in [6, 6.07) is 9.04. The first-order valence-corrected chi connectivity index (χ1v) is 5.13. The molecule has 3 nitrogen and oxygen atoms in total. The van der Waals surface area contributed by atoms with Crippen LogP contribution in [0.4, 0.5) is 0 Å². The van der Waals surface area contributed by atoms with E-state index in [-0.39, 0.29) is 5.75 Å². The van der Waals surface area contributed by atoms with Crippen molar-refractivity contribution in [3.05, 3.63) is 42.2 Å². The van der Waals surface area contributed by atoms with Crippen LogP contribution in [0.15, 0.2) is 36.5 Å². The maximum Gasteiger partial charge on any atom is 0.115 e. The van der Waals surface area contributed by atoms with Gasteiger partial charge in [0.05, 0.1) is 11.4 Å². The highest BCUT2D eigenvalue weighted by Crippen LogP contribution is 2.13. The summed E-state index contributed by atoms with van der Waals surface area (Å²) in [6.45, 7) is 2.14. The zero-order valence-corrected chi connectivity index (χ0v) is 8.72. The number of aryl methyl sites for hydroxylation is 1. The number of benzene rings is 1. The molecular weight excluding hydrogens is 188 g/mol. The van der Waals surface area contributed by atoms with Gasteiger partial charge in [0.2, 0.25) is 0 Å². The molecule has 0 aliphatic heterocycles. The van der Waals surface area contributed by atoms with Crippen molar-refractivity contribution in [3.8, 4) is 11.4 Å². The van der Waals surface area contributed by atoms with Gasteiger partial charge in [-0.15, -0.1) is 0 Å². The highest BCUT2D eigenvalue weighted by molar-refractivity contribution is 5.36. The number of rotatable bonds is 3. The third-order valence-electron chi connectivity index (χ3n) is 2.26. The summed E-state index contributed by atoms with van der Waals surface area (Å²) in [5.41, 5.74) is 2.07. The Bertz CT molecular complexity index is 431. The Balaban J connectivity index is 2.25. The van der Waals surface area contributed by atoms with E-state index in [1.54, 1.807) is 12.1 Å². The molecule has 78 valence electrons. The first-order valence-electron chi connectivity index (χ1n) is 5.13. The molecule has 0 bridgehead atoms. The molecule has 0 saturated carbocycles. The molecule has 0 unspecified atom stereocenters. The molecule has 0 fully saturated rings. The number of nitrogens with zero attached hydrogens (tertiary/aromatic N) is 2. The SMILES string of the molecule is CCCc1ccn(-c2ccc(O)cc2)n1. The molecule has 0 saturated heterocycles. The number of aromatic nitrogens is 2. The first kappa shape index (κ1) is 9.77. The van der Waals surface area contributed by atoms with E-state index >= 15 is 0 Å². The monoisotopic (exact) mass is 202 g/mol. The van der Waals surface area contributed by atoms with Gasteiger partial charge < -0.3 is 5.11 Å². The molecule has 0 atom stereocenters. The van der Waals surface area contributed by atoms with E-state index in [2.05, 4.69) is 12.0 Å². The lowest BCUT2D eigenvalue weighted by molar-refractivity contribution is 0.475. The molecule has 0 radical (unpaired) electrons. The molecule has 1 aromatic carbocycles.